The Labute approximate surface area is 93.4 Å². The molecule has 0 saturated carbocycles. The fourth-order valence-corrected chi connectivity index (χ4v) is 1.53. The molecule has 2 aromatic rings. The topological polar surface area (TPSA) is 75.6 Å². The van der Waals surface area contributed by atoms with E-state index >= 15 is 0 Å². The van der Waals surface area contributed by atoms with Gasteiger partial charge in [-0.25, -0.2) is 9.97 Å². The normalized spacial score (nSPS) is 9.75. The minimum absolute atomic E-state index is 0.190. The fraction of sp³-hybridized carbons (Fsp3) is 0.0833. The zero-order valence-corrected chi connectivity index (χ0v) is 8.81. The lowest BCUT2D eigenvalue weighted by molar-refractivity contribution is 1.11. The summed E-state index contributed by atoms with van der Waals surface area (Å²) in [6.45, 7) is 1.75. The van der Waals surface area contributed by atoms with E-state index in [2.05, 4.69) is 16.0 Å². The zero-order chi connectivity index (χ0) is 11.5. The van der Waals surface area contributed by atoms with E-state index in [-0.39, 0.29) is 5.95 Å². The predicted molar refractivity (Wildman–Crippen MR) is 61.3 cm³/mol. The Morgan fingerprint density at radius 1 is 1.19 bits per heavy atom. The zero-order valence-electron chi connectivity index (χ0n) is 8.81. The van der Waals surface area contributed by atoms with Crippen LogP contribution in [0.3, 0.4) is 0 Å². The molecular weight excluding hydrogens is 200 g/mol. The van der Waals surface area contributed by atoms with Gasteiger partial charge in [-0.1, -0.05) is 30.3 Å². The fourth-order valence-electron chi connectivity index (χ4n) is 1.53. The van der Waals surface area contributed by atoms with Crippen LogP contribution in [0.4, 0.5) is 5.95 Å². The number of anilines is 1. The molecule has 4 heteroatoms. The summed E-state index contributed by atoms with van der Waals surface area (Å²) in [5.74, 6) is 0.190. The standard InChI is InChI=1S/C12H10N4/c1-8-10(7-13)11(16-12(14)15-8)9-5-3-2-4-6-9/h2-6H,1H3,(H2,14,15,16). The largest absolute Gasteiger partial charge is 0.368 e. The van der Waals surface area contributed by atoms with Crippen molar-refractivity contribution in [3.8, 4) is 17.3 Å². The number of nitriles is 1. The van der Waals surface area contributed by atoms with Crippen molar-refractivity contribution in [2.45, 2.75) is 6.92 Å². The van der Waals surface area contributed by atoms with Crippen molar-refractivity contribution in [1.82, 2.24) is 9.97 Å². The molecular formula is C12H10N4. The van der Waals surface area contributed by atoms with Crippen molar-refractivity contribution in [2.75, 3.05) is 5.73 Å². The second kappa shape index (κ2) is 3.99. The summed E-state index contributed by atoms with van der Waals surface area (Å²) in [5.41, 5.74) is 8.13. The minimum atomic E-state index is 0.190. The summed E-state index contributed by atoms with van der Waals surface area (Å²) in [5, 5.41) is 9.08. The third-order valence-electron chi connectivity index (χ3n) is 2.27. The SMILES string of the molecule is Cc1nc(N)nc(-c2ccccc2)c1C#N. The van der Waals surface area contributed by atoms with Gasteiger partial charge in [-0.15, -0.1) is 0 Å². The van der Waals surface area contributed by atoms with E-state index < -0.39 is 0 Å². The first-order chi connectivity index (χ1) is 7.72. The lowest BCUT2D eigenvalue weighted by Crippen LogP contribution is -2.02. The van der Waals surface area contributed by atoms with E-state index in [0.29, 0.717) is 17.0 Å². The van der Waals surface area contributed by atoms with Gasteiger partial charge in [-0.2, -0.15) is 5.26 Å². The average Bonchev–Trinajstić information content (AvgIpc) is 2.29. The van der Waals surface area contributed by atoms with Gasteiger partial charge in [-0.05, 0) is 6.92 Å². The molecule has 0 atom stereocenters. The first-order valence-corrected chi connectivity index (χ1v) is 4.82. The van der Waals surface area contributed by atoms with Crippen LogP contribution in [-0.2, 0) is 0 Å². The Morgan fingerprint density at radius 3 is 2.50 bits per heavy atom. The van der Waals surface area contributed by atoms with Gasteiger partial charge in [0.25, 0.3) is 0 Å². The molecule has 0 saturated heterocycles. The lowest BCUT2D eigenvalue weighted by Gasteiger charge is -2.06. The maximum Gasteiger partial charge on any atom is 0.220 e. The molecule has 78 valence electrons. The van der Waals surface area contributed by atoms with Gasteiger partial charge in [0.1, 0.15) is 6.07 Å². The number of aromatic nitrogens is 2. The number of hydrogen-bond donors (Lipinski definition) is 1. The molecule has 0 unspecified atom stereocenters. The molecule has 0 aliphatic rings. The molecule has 1 heterocycles. The third kappa shape index (κ3) is 1.71. The Bertz CT molecular complexity index is 555. The Hall–Kier alpha value is -2.41. The summed E-state index contributed by atoms with van der Waals surface area (Å²) in [6, 6.07) is 11.6. The van der Waals surface area contributed by atoms with Crippen molar-refractivity contribution < 1.29 is 0 Å². The first-order valence-electron chi connectivity index (χ1n) is 4.82. The van der Waals surface area contributed by atoms with Crippen molar-refractivity contribution in [1.29, 1.82) is 5.26 Å². The number of nitrogen functional groups attached to an aromatic ring is 1. The van der Waals surface area contributed by atoms with Gasteiger partial charge in [0.15, 0.2) is 0 Å². The van der Waals surface area contributed by atoms with E-state index in [9.17, 15) is 0 Å². The second-order valence-corrected chi connectivity index (χ2v) is 3.37. The number of rotatable bonds is 1. The molecule has 4 nitrogen and oxygen atoms in total. The smallest absolute Gasteiger partial charge is 0.220 e. The van der Waals surface area contributed by atoms with E-state index in [1.807, 2.05) is 30.3 Å². The molecule has 1 aromatic heterocycles. The van der Waals surface area contributed by atoms with E-state index in [1.165, 1.54) is 0 Å². The molecule has 0 aliphatic heterocycles. The van der Waals surface area contributed by atoms with E-state index in [4.69, 9.17) is 11.0 Å². The van der Waals surface area contributed by atoms with Gasteiger partial charge >= 0.3 is 0 Å². The van der Waals surface area contributed by atoms with Gasteiger partial charge in [0, 0.05) is 5.56 Å². The summed E-state index contributed by atoms with van der Waals surface area (Å²) < 4.78 is 0. The molecule has 0 spiro atoms. The predicted octanol–water partition coefficient (Wildman–Crippen LogP) is 1.91. The van der Waals surface area contributed by atoms with Gasteiger partial charge in [0.2, 0.25) is 5.95 Å². The highest BCUT2D eigenvalue weighted by molar-refractivity contribution is 5.68. The Kier molecular flexibility index (Phi) is 2.52. The van der Waals surface area contributed by atoms with Crippen LogP contribution in [0.25, 0.3) is 11.3 Å². The number of hydrogen-bond acceptors (Lipinski definition) is 4. The molecule has 0 fully saturated rings. The van der Waals surface area contributed by atoms with Crippen LogP contribution in [0.5, 0.6) is 0 Å². The molecule has 0 amide bonds. The van der Waals surface area contributed by atoms with Crippen LogP contribution in [0.1, 0.15) is 11.3 Å². The molecule has 0 aliphatic carbocycles. The van der Waals surface area contributed by atoms with Crippen LogP contribution < -0.4 is 5.73 Å². The number of nitrogens with two attached hydrogens (primary N) is 1. The first kappa shape index (κ1) is 10.1. The highest BCUT2D eigenvalue weighted by Crippen LogP contribution is 2.22. The molecule has 1 aromatic carbocycles. The minimum Gasteiger partial charge on any atom is -0.368 e. The van der Waals surface area contributed by atoms with E-state index in [1.54, 1.807) is 6.92 Å². The van der Waals surface area contributed by atoms with Crippen LogP contribution in [-0.4, -0.2) is 9.97 Å². The highest BCUT2D eigenvalue weighted by atomic mass is 15.0. The summed E-state index contributed by atoms with van der Waals surface area (Å²) >= 11 is 0. The Balaban J connectivity index is 2.70. The van der Waals surface area contributed by atoms with Gasteiger partial charge in [-0.3, -0.25) is 0 Å². The molecule has 0 bridgehead atoms. The summed E-state index contributed by atoms with van der Waals surface area (Å²) in [6.07, 6.45) is 0. The van der Waals surface area contributed by atoms with Crippen molar-refractivity contribution >= 4 is 5.95 Å². The lowest BCUT2D eigenvalue weighted by atomic mass is 10.1. The second-order valence-electron chi connectivity index (χ2n) is 3.37. The number of nitrogens with zero attached hydrogens (tertiary/aromatic N) is 3. The number of aryl methyl sites for hydroxylation is 1. The van der Waals surface area contributed by atoms with Gasteiger partial charge in [0.05, 0.1) is 17.0 Å². The van der Waals surface area contributed by atoms with Crippen molar-refractivity contribution in [3.05, 3.63) is 41.6 Å². The Morgan fingerprint density at radius 2 is 1.88 bits per heavy atom. The van der Waals surface area contributed by atoms with Crippen molar-refractivity contribution in [3.63, 3.8) is 0 Å². The average molecular weight is 210 g/mol. The maximum atomic E-state index is 9.08. The van der Waals surface area contributed by atoms with Crippen LogP contribution in [0.15, 0.2) is 30.3 Å². The molecule has 2 rings (SSSR count). The molecule has 16 heavy (non-hydrogen) atoms. The maximum absolute atomic E-state index is 9.08. The van der Waals surface area contributed by atoms with E-state index in [0.717, 1.165) is 5.56 Å². The highest BCUT2D eigenvalue weighted by Gasteiger charge is 2.11. The number of benzene rings is 1. The van der Waals surface area contributed by atoms with Crippen LogP contribution >= 0.6 is 0 Å². The quantitative estimate of drug-likeness (QED) is 0.780. The monoisotopic (exact) mass is 210 g/mol. The third-order valence-corrected chi connectivity index (χ3v) is 2.27. The van der Waals surface area contributed by atoms with Crippen LogP contribution in [0.2, 0.25) is 0 Å². The van der Waals surface area contributed by atoms with Gasteiger partial charge < -0.3 is 5.73 Å². The molecule has 0 radical (unpaired) electrons. The summed E-state index contributed by atoms with van der Waals surface area (Å²) in [4.78, 5) is 8.09. The van der Waals surface area contributed by atoms with Crippen molar-refractivity contribution in [2.24, 2.45) is 0 Å². The molecule has 2 N–H and O–H groups in total. The van der Waals surface area contributed by atoms with Crippen LogP contribution in [0, 0.1) is 18.3 Å². The summed E-state index contributed by atoms with van der Waals surface area (Å²) in [7, 11) is 0.